The van der Waals surface area contributed by atoms with Crippen LogP contribution in [0, 0.1) is 5.92 Å². The molecular weight excluding hydrogens is 149 g/mol. The van der Waals surface area contributed by atoms with Crippen LogP contribution < -0.4 is 0 Å². The highest BCUT2D eigenvalue weighted by atomic mass is 19.1. The third kappa shape index (κ3) is 1.82. The first kappa shape index (κ1) is 8.30. The second kappa shape index (κ2) is 3.07. The molecule has 0 aliphatic carbocycles. The maximum absolute atomic E-state index is 12.9. The van der Waals surface area contributed by atoms with E-state index in [0.717, 1.165) is 4.90 Å². The number of halogens is 1. The van der Waals surface area contributed by atoms with Crippen molar-refractivity contribution in [2.75, 3.05) is 13.1 Å². The number of rotatable bonds is 0. The van der Waals surface area contributed by atoms with Crippen molar-refractivity contribution in [1.82, 2.24) is 4.90 Å². The Bertz CT molecular complexity index is 163. The van der Waals surface area contributed by atoms with Crippen molar-refractivity contribution >= 4 is 6.09 Å². The molecule has 4 heteroatoms. The fourth-order valence-corrected chi connectivity index (χ4v) is 1.20. The summed E-state index contributed by atoms with van der Waals surface area (Å²) in [5.41, 5.74) is 0. The Hall–Kier alpha value is -0.800. The molecule has 0 aromatic heterocycles. The average Bonchev–Trinajstić information content (AvgIpc) is 1.94. The molecule has 1 rings (SSSR count). The molecule has 3 nitrogen and oxygen atoms in total. The Labute approximate surface area is 64.8 Å². The van der Waals surface area contributed by atoms with Crippen LogP contribution in [0.15, 0.2) is 0 Å². The summed E-state index contributed by atoms with van der Waals surface area (Å²) >= 11 is 0. The summed E-state index contributed by atoms with van der Waals surface area (Å²) in [6.07, 6.45) is -1.37. The van der Waals surface area contributed by atoms with E-state index in [-0.39, 0.29) is 12.5 Å². The van der Waals surface area contributed by atoms with Crippen molar-refractivity contribution in [2.45, 2.75) is 19.5 Å². The Balaban J connectivity index is 2.46. The van der Waals surface area contributed by atoms with Gasteiger partial charge in [-0.1, -0.05) is 6.92 Å². The Kier molecular flexibility index (Phi) is 2.31. The third-order valence-electron chi connectivity index (χ3n) is 2.14. The van der Waals surface area contributed by atoms with Gasteiger partial charge in [-0.05, 0) is 12.3 Å². The molecule has 64 valence electrons. The summed E-state index contributed by atoms with van der Waals surface area (Å²) in [5, 5.41) is 8.50. The molecule has 2 unspecified atom stereocenters. The van der Waals surface area contributed by atoms with Gasteiger partial charge in [-0.2, -0.15) is 0 Å². The number of piperidine rings is 1. The zero-order chi connectivity index (χ0) is 8.43. The molecule has 0 bridgehead atoms. The van der Waals surface area contributed by atoms with Crippen LogP contribution in [-0.4, -0.2) is 35.4 Å². The highest BCUT2D eigenvalue weighted by molar-refractivity contribution is 5.65. The minimum atomic E-state index is -1.01. The van der Waals surface area contributed by atoms with E-state index in [1.54, 1.807) is 0 Å². The monoisotopic (exact) mass is 161 g/mol. The molecule has 2 atom stereocenters. The van der Waals surface area contributed by atoms with E-state index in [9.17, 15) is 9.18 Å². The van der Waals surface area contributed by atoms with Gasteiger partial charge < -0.3 is 10.0 Å². The summed E-state index contributed by atoms with van der Waals surface area (Å²) in [5.74, 6) is 0.00519. The predicted octanol–water partition coefficient (Wildman–Crippen LogP) is 1.34. The van der Waals surface area contributed by atoms with Crippen molar-refractivity contribution in [3.63, 3.8) is 0 Å². The summed E-state index contributed by atoms with van der Waals surface area (Å²) < 4.78 is 12.9. The van der Waals surface area contributed by atoms with Crippen molar-refractivity contribution in [1.29, 1.82) is 0 Å². The minimum Gasteiger partial charge on any atom is -0.465 e. The van der Waals surface area contributed by atoms with E-state index in [4.69, 9.17) is 5.11 Å². The number of nitrogens with zero attached hydrogens (tertiary/aromatic N) is 1. The molecule has 1 aliphatic heterocycles. The SMILES string of the molecule is CC1CCN(C(=O)O)CC1F. The normalized spacial score (nSPS) is 32.0. The zero-order valence-corrected chi connectivity index (χ0v) is 6.46. The lowest BCUT2D eigenvalue weighted by atomic mass is 9.98. The number of carboxylic acid groups (broad SMARTS) is 1. The topological polar surface area (TPSA) is 40.5 Å². The second-order valence-corrected chi connectivity index (χ2v) is 3.01. The van der Waals surface area contributed by atoms with E-state index in [1.165, 1.54) is 0 Å². The molecule has 1 N–H and O–H groups in total. The fraction of sp³-hybridized carbons (Fsp3) is 0.857. The minimum absolute atomic E-state index is 0.00519. The number of hydrogen-bond donors (Lipinski definition) is 1. The smallest absolute Gasteiger partial charge is 0.407 e. The molecule has 1 saturated heterocycles. The van der Waals surface area contributed by atoms with Gasteiger partial charge >= 0.3 is 6.09 Å². The van der Waals surface area contributed by atoms with Crippen LogP contribution in [0.4, 0.5) is 9.18 Å². The molecule has 1 heterocycles. The number of hydrogen-bond acceptors (Lipinski definition) is 1. The third-order valence-corrected chi connectivity index (χ3v) is 2.14. The fourth-order valence-electron chi connectivity index (χ4n) is 1.20. The molecule has 0 spiro atoms. The van der Waals surface area contributed by atoms with Gasteiger partial charge in [-0.25, -0.2) is 9.18 Å². The quantitative estimate of drug-likeness (QED) is 0.582. The van der Waals surface area contributed by atoms with Gasteiger partial charge in [0.15, 0.2) is 0 Å². The van der Waals surface area contributed by atoms with E-state index in [1.807, 2.05) is 6.92 Å². The molecule has 11 heavy (non-hydrogen) atoms. The van der Waals surface area contributed by atoms with Crippen LogP contribution in [0.25, 0.3) is 0 Å². The van der Waals surface area contributed by atoms with Crippen molar-refractivity contribution in [3.8, 4) is 0 Å². The van der Waals surface area contributed by atoms with Crippen LogP contribution in [-0.2, 0) is 0 Å². The molecular formula is C7H12FNO2. The highest BCUT2D eigenvalue weighted by Crippen LogP contribution is 2.19. The number of likely N-dealkylation sites (tertiary alicyclic amines) is 1. The van der Waals surface area contributed by atoms with Crippen LogP contribution in [0.1, 0.15) is 13.3 Å². The van der Waals surface area contributed by atoms with Gasteiger partial charge in [0.2, 0.25) is 0 Å². The van der Waals surface area contributed by atoms with Gasteiger partial charge in [0, 0.05) is 6.54 Å². The molecule has 0 saturated carbocycles. The number of alkyl halides is 1. The molecule has 0 aromatic rings. The standard InChI is InChI=1S/C7H12FNO2/c1-5-2-3-9(7(10)11)4-6(5)8/h5-6H,2-4H2,1H3,(H,10,11). The van der Waals surface area contributed by atoms with Crippen molar-refractivity contribution < 1.29 is 14.3 Å². The lowest BCUT2D eigenvalue weighted by molar-refractivity contribution is 0.0818. The molecule has 1 aliphatic rings. The van der Waals surface area contributed by atoms with Gasteiger partial charge in [0.25, 0.3) is 0 Å². The highest BCUT2D eigenvalue weighted by Gasteiger charge is 2.27. The lowest BCUT2D eigenvalue weighted by Crippen LogP contribution is -2.43. The van der Waals surface area contributed by atoms with Gasteiger partial charge in [0.05, 0.1) is 6.54 Å². The Morgan fingerprint density at radius 1 is 1.73 bits per heavy atom. The second-order valence-electron chi connectivity index (χ2n) is 3.01. The molecule has 0 aromatic carbocycles. The lowest BCUT2D eigenvalue weighted by Gasteiger charge is -2.30. The van der Waals surface area contributed by atoms with Gasteiger partial charge in [-0.15, -0.1) is 0 Å². The van der Waals surface area contributed by atoms with Gasteiger partial charge in [0.1, 0.15) is 6.17 Å². The Morgan fingerprint density at radius 3 is 2.82 bits per heavy atom. The van der Waals surface area contributed by atoms with Crippen LogP contribution in [0.3, 0.4) is 0 Å². The number of carbonyl (C=O) groups is 1. The van der Waals surface area contributed by atoms with Crippen molar-refractivity contribution in [2.24, 2.45) is 5.92 Å². The van der Waals surface area contributed by atoms with Crippen molar-refractivity contribution in [3.05, 3.63) is 0 Å². The number of amides is 1. The first-order valence-electron chi connectivity index (χ1n) is 3.73. The van der Waals surface area contributed by atoms with E-state index >= 15 is 0 Å². The van der Waals surface area contributed by atoms with Crippen LogP contribution in [0.5, 0.6) is 0 Å². The predicted molar refractivity (Wildman–Crippen MR) is 38.3 cm³/mol. The summed E-state index contributed by atoms with van der Waals surface area (Å²) in [6, 6.07) is 0. The van der Waals surface area contributed by atoms with E-state index < -0.39 is 12.3 Å². The summed E-state index contributed by atoms with van der Waals surface area (Å²) in [6.45, 7) is 2.32. The van der Waals surface area contributed by atoms with Gasteiger partial charge in [-0.3, -0.25) is 0 Å². The average molecular weight is 161 g/mol. The molecule has 1 fully saturated rings. The molecule has 0 radical (unpaired) electrons. The Morgan fingerprint density at radius 2 is 2.36 bits per heavy atom. The van der Waals surface area contributed by atoms with E-state index in [2.05, 4.69) is 0 Å². The molecule has 1 amide bonds. The summed E-state index contributed by atoms with van der Waals surface area (Å²) in [7, 11) is 0. The first-order valence-corrected chi connectivity index (χ1v) is 3.73. The summed E-state index contributed by atoms with van der Waals surface area (Å²) in [4.78, 5) is 11.5. The van der Waals surface area contributed by atoms with Crippen LogP contribution >= 0.6 is 0 Å². The zero-order valence-electron chi connectivity index (χ0n) is 6.46. The largest absolute Gasteiger partial charge is 0.465 e. The van der Waals surface area contributed by atoms with Crippen LogP contribution in [0.2, 0.25) is 0 Å². The first-order chi connectivity index (χ1) is 5.11. The van der Waals surface area contributed by atoms with E-state index in [0.29, 0.717) is 13.0 Å². The maximum Gasteiger partial charge on any atom is 0.407 e. The maximum atomic E-state index is 12.9.